The topological polar surface area (TPSA) is 119 Å². The third-order valence-electron chi connectivity index (χ3n) is 7.56. The normalized spacial score (nSPS) is 19.9. The molecule has 4 aromatic rings. The number of H-pyrrole nitrogens is 1. The summed E-state index contributed by atoms with van der Waals surface area (Å²) in [7, 11) is 0. The van der Waals surface area contributed by atoms with Gasteiger partial charge in [0.1, 0.15) is 17.6 Å². The summed E-state index contributed by atoms with van der Waals surface area (Å²) < 4.78 is 6.37. The maximum Gasteiger partial charge on any atom is 0.226 e. The van der Waals surface area contributed by atoms with E-state index in [2.05, 4.69) is 32.2 Å². The van der Waals surface area contributed by atoms with Gasteiger partial charge in [-0.15, -0.1) is 0 Å². The SMILES string of the molecule is CC(=O)C(C)C1CCCC(COc2nc(C(C)Nc3ncnc4nc[nH]c34)nc3cccc(Cl)c23)CC1. The van der Waals surface area contributed by atoms with Crippen LogP contribution in [0.4, 0.5) is 5.82 Å². The van der Waals surface area contributed by atoms with E-state index in [1.54, 1.807) is 13.3 Å². The van der Waals surface area contributed by atoms with Crippen LogP contribution in [0.3, 0.4) is 0 Å². The van der Waals surface area contributed by atoms with Gasteiger partial charge in [0.2, 0.25) is 5.88 Å². The molecule has 0 bridgehead atoms. The van der Waals surface area contributed by atoms with Crippen LogP contribution in [0.25, 0.3) is 22.1 Å². The van der Waals surface area contributed by atoms with Crippen molar-refractivity contribution in [2.75, 3.05) is 11.9 Å². The number of fused-ring (bicyclic) bond motifs is 2. The Bertz CT molecular complexity index is 1410. The summed E-state index contributed by atoms with van der Waals surface area (Å²) in [5, 5.41) is 4.65. The monoisotopic (exact) mass is 521 g/mol. The van der Waals surface area contributed by atoms with E-state index in [0.717, 1.165) is 48.5 Å². The molecule has 4 unspecified atom stereocenters. The van der Waals surface area contributed by atoms with Gasteiger partial charge < -0.3 is 15.0 Å². The Morgan fingerprint density at radius 2 is 2.03 bits per heavy atom. The average Bonchev–Trinajstić information content (AvgIpc) is 3.25. The van der Waals surface area contributed by atoms with Crippen molar-refractivity contribution in [1.82, 2.24) is 29.9 Å². The smallest absolute Gasteiger partial charge is 0.226 e. The quantitative estimate of drug-likeness (QED) is 0.274. The summed E-state index contributed by atoms with van der Waals surface area (Å²) in [5.41, 5.74) is 2.04. The third-order valence-corrected chi connectivity index (χ3v) is 7.87. The molecule has 1 fully saturated rings. The number of nitrogens with one attached hydrogen (secondary N) is 2. The number of halogens is 1. The first-order chi connectivity index (χ1) is 17.9. The van der Waals surface area contributed by atoms with Crippen molar-refractivity contribution in [3.8, 4) is 5.88 Å². The van der Waals surface area contributed by atoms with Crippen LogP contribution in [0.1, 0.15) is 64.7 Å². The van der Waals surface area contributed by atoms with Gasteiger partial charge in [0, 0.05) is 5.92 Å². The lowest BCUT2D eigenvalue weighted by Crippen LogP contribution is -2.19. The minimum Gasteiger partial charge on any atom is -0.477 e. The summed E-state index contributed by atoms with van der Waals surface area (Å²) >= 11 is 6.57. The van der Waals surface area contributed by atoms with Crippen LogP contribution in [0.5, 0.6) is 5.88 Å². The van der Waals surface area contributed by atoms with E-state index in [0.29, 0.717) is 46.6 Å². The van der Waals surface area contributed by atoms with E-state index in [9.17, 15) is 4.79 Å². The number of aromatic nitrogens is 6. The van der Waals surface area contributed by atoms with E-state index in [-0.39, 0.29) is 17.7 Å². The Morgan fingerprint density at radius 3 is 2.86 bits per heavy atom. The number of rotatable bonds is 8. The van der Waals surface area contributed by atoms with Gasteiger partial charge in [-0.1, -0.05) is 31.0 Å². The highest BCUT2D eigenvalue weighted by atomic mass is 35.5. The van der Waals surface area contributed by atoms with Crippen LogP contribution in [0.2, 0.25) is 5.02 Å². The number of carbonyl (C=O) groups excluding carboxylic acids is 1. The molecule has 9 nitrogen and oxygen atoms in total. The maximum atomic E-state index is 11.9. The summed E-state index contributed by atoms with van der Waals surface area (Å²) in [4.78, 5) is 37.3. The van der Waals surface area contributed by atoms with Gasteiger partial charge >= 0.3 is 0 Å². The van der Waals surface area contributed by atoms with Gasteiger partial charge in [-0.05, 0) is 63.5 Å². The molecule has 0 saturated heterocycles. The number of anilines is 1. The number of hydrogen-bond donors (Lipinski definition) is 2. The van der Waals surface area contributed by atoms with E-state index in [1.807, 2.05) is 25.1 Å². The Hall–Kier alpha value is -3.33. The zero-order valence-electron chi connectivity index (χ0n) is 21.4. The fraction of sp³-hybridized carbons (Fsp3) is 0.481. The first kappa shape index (κ1) is 25.3. The molecule has 3 aromatic heterocycles. The predicted molar refractivity (Wildman–Crippen MR) is 144 cm³/mol. The minimum absolute atomic E-state index is 0.124. The number of ketones is 1. The van der Waals surface area contributed by atoms with Crippen molar-refractivity contribution in [3.05, 3.63) is 41.7 Å². The van der Waals surface area contributed by atoms with Gasteiger partial charge in [0.15, 0.2) is 17.3 Å². The molecular weight excluding hydrogens is 490 g/mol. The third kappa shape index (κ3) is 5.51. The van der Waals surface area contributed by atoms with E-state index in [1.165, 1.54) is 6.33 Å². The molecular formula is C27H32ClN7O2. The fourth-order valence-electron chi connectivity index (χ4n) is 5.17. The highest BCUT2D eigenvalue weighted by Crippen LogP contribution is 2.35. The summed E-state index contributed by atoms with van der Waals surface area (Å²) in [6.45, 7) is 6.30. The maximum absolute atomic E-state index is 11.9. The highest BCUT2D eigenvalue weighted by Gasteiger charge is 2.26. The van der Waals surface area contributed by atoms with Crippen molar-refractivity contribution >= 4 is 45.3 Å². The molecule has 3 heterocycles. The molecule has 37 heavy (non-hydrogen) atoms. The molecule has 1 aromatic carbocycles. The highest BCUT2D eigenvalue weighted by molar-refractivity contribution is 6.35. The number of carbonyl (C=O) groups is 1. The van der Waals surface area contributed by atoms with Gasteiger partial charge in [0.05, 0.1) is 34.9 Å². The molecule has 0 amide bonds. The predicted octanol–water partition coefficient (Wildman–Crippen LogP) is 5.92. The molecule has 0 spiro atoms. The second-order valence-corrected chi connectivity index (χ2v) is 10.5. The van der Waals surface area contributed by atoms with Crippen LogP contribution in [0.15, 0.2) is 30.9 Å². The molecule has 0 radical (unpaired) electrons. The summed E-state index contributed by atoms with van der Waals surface area (Å²) in [6, 6.07) is 5.36. The number of imidazole rings is 1. The van der Waals surface area contributed by atoms with Crippen LogP contribution in [0, 0.1) is 17.8 Å². The molecule has 0 aliphatic heterocycles. The summed E-state index contributed by atoms with van der Waals surface area (Å²) in [5.74, 6) is 2.97. The Labute approximate surface area is 220 Å². The molecule has 1 aliphatic rings. The van der Waals surface area contributed by atoms with Gasteiger partial charge in [0.25, 0.3) is 0 Å². The Kier molecular flexibility index (Phi) is 7.50. The molecule has 10 heteroatoms. The first-order valence-electron chi connectivity index (χ1n) is 12.9. The number of nitrogens with zero attached hydrogens (tertiary/aromatic N) is 5. The number of Topliss-reactive ketones (excluding diaryl/α,β-unsaturated/α-hetero) is 1. The molecule has 4 atom stereocenters. The first-order valence-corrected chi connectivity index (χ1v) is 13.3. The Balaban J connectivity index is 1.36. The number of aromatic amines is 1. The Morgan fingerprint density at radius 1 is 1.16 bits per heavy atom. The fourth-order valence-corrected chi connectivity index (χ4v) is 5.42. The lowest BCUT2D eigenvalue weighted by molar-refractivity contribution is -0.121. The van der Waals surface area contributed by atoms with Crippen LogP contribution < -0.4 is 10.1 Å². The molecule has 2 N–H and O–H groups in total. The van der Waals surface area contributed by atoms with E-state index < -0.39 is 0 Å². The van der Waals surface area contributed by atoms with Gasteiger partial charge in [-0.3, -0.25) is 4.79 Å². The van der Waals surface area contributed by atoms with Crippen LogP contribution >= 0.6 is 11.6 Å². The van der Waals surface area contributed by atoms with Crippen molar-refractivity contribution in [1.29, 1.82) is 0 Å². The largest absolute Gasteiger partial charge is 0.477 e. The molecule has 1 aliphatic carbocycles. The summed E-state index contributed by atoms with van der Waals surface area (Å²) in [6.07, 6.45) is 8.43. The molecule has 194 valence electrons. The lowest BCUT2D eigenvalue weighted by atomic mass is 9.85. The standard InChI is InChI=1S/C27H32ClN7O2/c1-15(17(3)36)19-7-4-6-18(10-11-19)12-37-27-22-20(28)8-5-9-21(22)34-24(35-27)16(2)33-26-23-25(30-13-29-23)31-14-32-26/h5,8-9,13-16,18-19H,4,6-7,10-12H2,1-3H3,(H2,29,30,31,32,33). The van der Waals surface area contributed by atoms with Crippen molar-refractivity contribution in [2.24, 2.45) is 17.8 Å². The number of ether oxygens (including phenoxy) is 1. The number of benzene rings is 1. The lowest BCUT2D eigenvalue weighted by Gasteiger charge is -2.20. The number of hydrogen-bond acceptors (Lipinski definition) is 8. The van der Waals surface area contributed by atoms with Gasteiger partial charge in [-0.25, -0.2) is 19.9 Å². The van der Waals surface area contributed by atoms with E-state index in [4.69, 9.17) is 26.3 Å². The van der Waals surface area contributed by atoms with Crippen molar-refractivity contribution in [2.45, 2.75) is 58.9 Å². The molecule has 5 rings (SSSR count). The minimum atomic E-state index is -0.265. The second kappa shape index (κ2) is 11.0. The van der Waals surface area contributed by atoms with Crippen LogP contribution in [-0.4, -0.2) is 42.3 Å². The van der Waals surface area contributed by atoms with Crippen molar-refractivity contribution < 1.29 is 9.53 Å². The average molecular weight is 522 g/mol. The van der Waals surface area contributed by atoms with Crippen molar-refractivity contribution in [3.63, 3.8) is 0 Å². The zero-order valence-corrected chi connectivity index (χ0v) is 22.1. The van der Waals surface area contributed by atoms with E-state index >= 15 is 0 Å². The van der Waals surface area contributed by atoms with Crippen LogP contribution in [-0.2, 0) is 4.79 Å². The second-order valence-electron chi connectivity index (χ2n) is 10.1. The molecule has 1 saturated carbocycles. The zero-order chi connectivity index (χ0) is 25.9. The van der Waals surface area contributed by atoms with Gasteiger partial charge in [-0.2, -0.15) is 4.98 Å².